The van der Waals surface area contributed by atoms with Crippen LogP contribution in [0.15, 0.2) is 47.6 Å². The first-order valence-corrected chi connectivity index (χ1v) is 8.44. The number of guanidine groups is 1. The summed E-state index contributed by atoms with van der Waals surface area (Å²) in [6, 6.07) is 11.0. The van der Waals surface area contributed by atoms with Gasteiger partial charge >= 0.3 is 0 Å². The van der Waals surface area contributed by atoms with Crippen molar-refractivity contribution in [1.82, 2.24) is 14.9 Å². The van der Waals surface area contributed by atoms with Crippen LogP contribution < -0.4 is 5.32 Å². The lowest BCUT2D eigenvalue weighted by Crippen LogP contribution is -2.40. The van der Waals surface area contributed by atoms with E-state index in [9.17, 15) is 8.78 Å². The van der Waals surface area contributed by atoms with Gasteiger partial charge in [-0.2, -0.15) is 0 Å². The third-order valence-electron chi connectivity index (χ3n) is 4.01. The molecular formula is C18H21F2N5. The molecule has 7 heteroatoms. The minimum atomic E-state index is -2.60. The van der Waals surface area contributed by atoms with Crippen LogP contribution >= 0.6 is 0 Å². The third-order valence-corrected chi connectivity index (χ3v) is 4.01. The van der Waals surface area contributed by atoms with E-state index in [0.717, 1.165) is 37.6 Å². The number of hydrogen-bond donors (Lipinski definition) is 1. The highest BCUT2D eigenvalue weighted by molar-refractivity contribution is 5.93. The molecule has 25 heavy (non-hydrogen) atoms. The summed E-state index contributed by atoms with van der Waals surface area (Å²) in [5.41, 5.74) is 0.671. The minimum absolute atomic E-state index is 0.159. The Morgan fingerprint density at radius 3 is 2.60 bits per heavy atom. The first kappa shape index (κ1) is 17.3. The highest BCUT2D eigenvalue weighted by Crippen LogP contribution is 2.16. The lowest BCUT2D eigenvalue weighted by Gasteiger charge is -2.30. The molecule has 0 saturated carbocycles. The van der Waals surface area contributed by atoms with E-state index in [-0.39, 0.29) is 12.2 Å². The normalized spacial score (nSPS) is 15.5. The predicted octanol–water partition coefficient (Wildman–Crippen LogP) is 3.87. The molecule has 1 fully saturated rings. The number of benzene rings is 1. The fourth-order valence-electron chi connectivity index (χ4n) is 2.73. The van der Waals surface area contributed by atoms with Gasteiger partial charge in [-0.25, -0.2) is 23.7 Å². The Kier molecular flexibility index (Phi) is 5.87. The second-order valence-corrected chi connectivity index (χ2v) is 5.88. The molecule has 0 unspecified atom stereocenters. The van der Waals surface area contributed by atoms with Crippen molar-refractivity contribution in [3.05, 3.63) is 54.1 Å². The summed E-state index contributed by atoms with van der Waals surface area (Å²) >= 11 is 0. The number of piperidine rings is 1. The van der Waals surface area contributed by atoms with Gasteiger partial charge in [0.2, 0.25) is 0 Å². The lowest BCUT2D eigenvalue weighted by atomic mass is 10.1. The van der Waals surface area contributed by atoms with Crippen LogP contribution in [0.3, 0.4) is 0 Å². The Balaban J connectivity index is 1.77. The van der Waals surface area contributed by atoms with Crippen molar-refractivity contribution in [3.63, 3.8) is 0 Å². The van der Waals surface area contributed by atoms with Gasteiger partial charge in [0.25, 0.3) is 6.43 Å². The molecule has 1 N–H and O–H groups in total. The van der Waals surface area contributed by atoms with Gasteiger partial charge < -0.3 is 10.2 Å². The van der Waals surface area contributed by atoms with Gasteiger partial charge in [-0.05, 0) is 37.5 Å². The standard InChI is InChI=1S/C18H21F2N5/c19-17(20)15-9-10-21-16(24-15)13-22-18(25-11-5-2-6-12-25)23-14-7-3-1-4-8-14/h1,3-4,7-10,17H,2,5-6,11-13H2,(H,22,23). The van der Waals surface area contributed by atoms with Crippen molar-refractivity contribution < 1.29 is 8.78 Å². The topological polar surface area (TPSA) is 53.4 Å². The van der Waals surface area contributed by atoms with E-state index in [2.05, 4.69) is 25.2 Å². The SMILES string of the molecule is FC(F)c1ccnc(CN=C(Nc2ccccc2)N2CCCCC2)n1. The summed E-state index contributed by atoms with van der Waals surface area (Å²) in [4.78, 5) is 14.7. The van der Waals surface area contributed by atoms with E-state index in [1.165, 1.54) is 18.7 Å². The number of anilines is 1. The number of para-hydroxylation sites is 1. The number of nitrogens with zero attached hydrogens (tertiary/aromatic N) is 4. The van der Waals surface area contributed by atoms with E-state index >= 15 is 0 Å². The van der Waals surface area contributed by atoms with Crippen molar-refractivity contribution >= 4 is 11.6 Å². The number of rotatable bonds is 4. The summed E-state index contributed by atoms with van der Waals surface area (Å²) in [6.45, 7) is 2.01. The molecule has 1 aromatic carbocycles. The van der Waals surface area contributed by atoms with Gasteiger partial charge in [-0.1, -0.05) is 18.2 Å². The monoisotopic (exact) mass is 345 g/mol. The van der Waals surface area contributed by atoms with Gasteiger partial charge in [0.15, 0.2) is 5.96 Å². The van der Waals surface area contributed by atoms with Crippen LogP contribution in [0.25, 0.3) is 0 Å². The maximum Gasteiger partial charge on any atom is 0.280 e. The molecule has 1 saturated heterocycles. The molecule has 0 atom stereocenters. The largest absolute Gasteiger partial charge is 0.343 e. The van der Waals surface area contributed by atoms with Gasteiger partial charge in [-0.15, -0.1) is 0 Å². The van der Waals surface area contributed by atoms with Gasteiger partial charge in [-0.3, -0.25) is 0 Å². The van der Waals surface area contributed by atoms with Gasteiger partial charge in [0.1, 0.15) is 18.1 Å². The van der Waals surface area contributed by atoms with Crippen LogP contribution in [0.2, 0.25) is 0 Å². The predicted molar refractivity (Wildman–Crippen MR) is 93.6 cm³/mol. The van der Waals surface area contributed by atoms with E-state index in [0.29, 0.717) is 5.82 Å². The lowest BCUT2D eigenvalue weighted by molar-refractivity contribution is 0.145. The zero-order chi connectivity index (χ0) is 17.5. The third kappa shape index (κ3) is 4.95. The van der Waals surface area contributed by atoms with Crippen LogP contribution in [0.5, 0.6) is 0 Å². The molecule has 1 aliphatic heterocycles. The summed E-state index contributed by atoms with van der Waals surface area (Å²) in [5, 5.41) is 3.33. The van der Waals surface area contributed by atoms with Crippen molar-refractivity contribution in [3.8, 4) is 0 Å². The van der Waals surface area contributed by atoms with Crippen molar-refractivity contribution in [2.24, 2.45) is 4.99 Å². The molecule has 2 aromatic rings. The number of aromatic nitrogens is 2. The van der Waals surface area contributed by atoms with E-state index in [4.69, 9.17) is 0 Å². The number of hydrogen-bond acceptors (Lipinski definition) is 3. The van der Waals surface area contributed by atoms with Crippen LogP contribution in [-0.4, -0.2) is 33.9 Å². The number of likely N-dealkylation sites (tertiary alicyclic amines) is 1. The highest BCUT2D eigenvalue weighted by Gasteiger charge is 2.15. The molecule has 1 aliphatic rings. The smallest absolute Gasteiger partial charge is 0.280 e. The molecule has 1 aromatic heterocycles. The molecule has 132 valence electrons. The molecule has 0 bridgehead atoms. The molecular weight excluding hydrogens is 324 g/mol. The van der Waals surface area contributed by atoms with Gasteiger partial charge in [0, 0.05) is 25.0 Å². The summed E-state index contributed by atoms with van der Waals surface area (Å²) in [5.74, 6) is 1.03. The number of halogens is 2. The van der Waals surface area contributed by atoms with Crippen molar-refractivity contribution in [2.45, 2.75) is 32.2 Å². The fraction of sp³-hybridized carbons (Fsp3) is 0.389. The maximum atomic E-state index is 12.8. The first-order valence-electron chi connectivity index (χ1n) is 8.44. The van der Waals surface area contributed by atoms with Crippen LogP contribution in [0.4, 0.5) is 14.5 Å². The number of aliphatic imine (C=N–C) groups is 1. The molecule has 0 aliphatic carbocycles. The van der Waals surface area contributed by atoms with Crippen LogP contribution in [0, 0.1) is 0 Å². The zero-order valence-corrected chi connectivity index (χ0v) is 13.9. The van der Waals surface area contributed by atoms with Gasteiger partial charge in [0.05, 0.1) is 0 Å². The summed E-state index contributed by atoms with van der Waals surface area (Å²) < 4.78 is 25.6. The second kappa shape index (κ2) is 8.50. The molecule has 0 amide bonds. The minimum Gasteiger partial charge on any atom is -0.343 e. The zero-order valence-electron chi connectivity index (χ0n) is 13.9. The summed E-state index contributed by atoms with van der Waals surface area (Å²) in [6.07, 6.45) is 2.20. The average Bonchev–Trinajstić information content (AvgIpc) is 2.67. The maximum absolute atomic E-state index is 12.8. The van der Waals surface area contributed by atoms with E-state index in [1.807, 2.05) is 30.3 Å². The van der Waals surface area contributed by atoms with E-state index in [1.54, 1.807) is 0 Å². The molecule has 5 nitrogen and oxygen atoms in total. The quantitative estimate of drug-likeness (QED) is 0.675. The molecule has 2 heterocycles. The average molecular weight is 345 g/mol. The molecule has 0 radical (unpaired) electrons. The van der Waals surface area contributed by atoms with E-state index < -0.39 is 6.43 Å². The molecule has 0 spiro atoms. The van der Waals surface area contributed by atoms with Crippen molar-refractivity contribution in [1.29, 1.82) is 0 Å². The Morgan fingerprint density at radius 1 is 1.12 bits per heavy atom. The van der Waals surface area contributed by atoms with Crippen molar-refractivity contribution in [2.75, 3.05) is 18.4 Å². The Bertz CT molecular complexity index is 700. The Hall–Kier alpha value is -2.57. The number of nitrogens with one attached hydrogen (secondary N) is 1. The molecule has 3 rings (SSSR count). The Morgan fingerprint density at radius 2 is 1.88 bits per heavy atom. The summed E-state index contributed by atoms with van der Waals surface area (Å²) in [7, 11) is 0. The first-order chi connectivity index (χ1) is 12.2. The highest BCUT2D eigenvalue weighted by atomic mass is 19.3. The Labute approximate surface area is 145 Å². The number of alkyl halides is 2. The fourth-order valence-corrected chi connectivity index (χ4v) is 2.73. The van der Waals surface area contributed by atoms with Crippen LogP contribution in [0.1, 0.15) is 37.2 Å². The second-order valence-electron chi connectivity index (χ2n) is 5.88. The van der Waals surface area contributed by atoms with Crippen LogP contribution in [-0.2, 0) is 6.54 Å².